The molecule has 176 valence electrons. The first-order chi connectivity index (χ1) is 15.5. The molecule has 1 aromatic rings. The first-order valence-corrected chi connectivity index (χ1v) is 14.7. The van der Waals surface area contributed by atoms with Crippen molar-refractivity contribution in [3.63, 3.8) is 0 Å². The normalized spacial score (nSPS) is 38.9. The summed E-state index contributed by atoms with van der Waals surface area (Å²) in [7, 11) is -2.11. The SMILES string of the molecule is C=C[C@H]1ON2O[C@@H](O[C@H]3CCCC[C@@H]3c3ccccc3)C[C@@H]3O[Si](C(C)C)(C(C)C)[C@H]1[C@@H]32. The number of rotatable bonds is 6. The van der Waals surface area contributed by atoms with Gasteiger partial charge in [-0.1, -0.05) is 82.2 Å². The third-order valence-corrected chi connectivity index (χ3v) is 14.4. The van der Waals surface area contributed by atoms with Crippen molar-refractivity contribution in [2.45, 2.75) is 113 Å². The number of hydrogen-bond donors (Lipinski definition) is 0. The van der Waals surface area contributed by atoms with Crippen LogP contribution in [0.1, 0.15) is 71.3 Å². The second-order valence-corrected chi connectivity index (χ2v) is 15.6. The zero-order valence-corrected chi connectivity index (χ0v) is 21.0. The lowest BCUT2D eigenvalue weighted by molar-refractivity contribution is -0.445. The third-order valence-electron chi connectivity index (χ3n) is 8.39. The van der Waals surface area contributed by atoms with Crippen LogP contribution in [-0.4, -0.2) is 44.2 Å². The van der Waals surface area contributed by atoms with Gasteiger partial charge in [-0.2, -0.15) is 0 Å². The van der Waals surface area contributed by atoms with E-state index in [4.69, 9.17) is 18.8 Å². The average molecular weight is 458 g/mol. The van der Waals surface area contributed by atoms with Crippen molar-refractivity contribution in [3.8, 4) is 0 Å². The fourth-order valence-corrected chi connectivity index (χ4v) is 12.9. The predicted molar refractivity (Wildman–Crippen MR) is 127 cm³/mol. The molecular formula is C26H39NO4Si. The van der Waals surface area contributed by atoms with Crippen LogP contribution in [0.5, 0.6) is 0 Å². The van der Waals surface area contributed by atoms with Crippen LogP contribution in [0.4, 0.5) is 0 Å². The van der Waals surface area contributed by atoms with E-state index >= 15 is 0 Å². The Balaban J connectivity index is 1.37. The van der Waals surface area contributed by atoms with Crippen molar-refractivity contribution < 1.29 is 18.8 Å². The van der Waals surface area contributed by atoms with E-state index in [2.05, 4.69) is 64.6 Å². The Morgan fingerprint density at radius 2 is 1.78 bits per heavy atom. The Kier molecular flexibility index (Phi) is 6.38. The molecule has 3 heterocycles. The highest BCUT2D eigenvalue weighted by atomic mass is 28.4. The fourth-order valence-electron chi connectivity index (χ4n) is 7.03. The summed E-state index contributed by atoms with van der Waals surface area (Å²) in [5.41, 5.74) is 2.73. The lowest BCUT2D eigenvalue weighted by Gasteiger charge is -2.41. The minimum atomic E-state index is -2.11. The van der Waals surface area contributed by atoms with E-state index in [0.29, 0.717) is 22.5 Å². The maximum Gasteiger partial charge on any atom is 0.206 e. The van der Waals surface area contributed by atoms with Crippen molar-refractivity contribution >= 4 is 8.32 Å². The van der Waals surface area contributed by atoms with Gasteiger partial charge in [-0.05, 0) is 29.5 Å². The largest absolute Gasteiger partial charge is 0.411 e. The highest BCUT2D eigenvalue weighted by Crippen LogP contribution is 2.59. The zero-order chi connectivity index (χ0) is 22.5. The van der Waals surface area contributed by atoms with Crippen molar-refractivity contribution in [1.29, 1.82) is 0 Å². The van der Waals surface area contributed by atoms with Crippen molar-refractivity contribution in [2.75, 3.05) is 0 Å². The summed E-state index contributed by atoms with van der Waals surface area (Å²) in [6, 6.07) is 11.0. The van der Waals surface area contributed by atoms with E-state index in [9.17, 15) is 0 Å². The predicted octanol–water partition coefficient (Wildman–Crippen LogP) is 6.10. The molecule has 0 N–H and O–H groups in total. The van der Waals surface area contributed by atoms with Crippen LogP contribution in [0.2, 0.25) is 16.6 Å². The van der Waals surface area contributed by atoms with Gasteiger partial charge in [-0.3, -0.25) is 4.84 Å². The van der Waals surface area contributed by atoms with Gasteiger partial charge in [0, 0.05) is 17.9 Å². The molecule has 32 heavy (non-hydrogen) atoms. The van der Waals surface area contributed by atoms with Gasteiger partial charge in [0.15, 0.2) is 6.29 Å². The lowest BCUT2D eigenvalue weighted by atomic mass is 9.81. The fraction of sp³-hybridized carbons (Fsp3) is 0.692. The monoisotopic (exact) mass is 457 g/mol. The Labute approximate surface area is 194 Å². The molecule has 0 spiro atoms. The molecule has 1 aromatic carbocycles. The number of benzene rings is 1. The summed E-state index contributed by atoms with van der Waals surface area (Å²) in [4.78, 5) is 12.6. The number of hydrogen-bond acceptors (Lipinski definition) is 5. The second-order valence-electron chi connectivity index (χ2n) is 10.7. The highest BCUT2D eigenvalue weighted by molar-refractivity contribution is 6.79. The van der Waals surface area contributed by atoms with E-state index in [1.807, 2.05) is 6.08 Å². The Morgan fingerprint density at radius 3 is 2.47 bits per heavy atom. The van der Waals surface area contributed by atoms with Gasteiger partial charge in [0.2, 0.25) is 8.32 Å². The lowest BCUT2D eigenvalue weighted by Crippen LogP contribution is -2.49. The first-order valence-electron chi connectivity index (χ1n) is 12.6. The Hall–Kier alpha value is -1.02. The van der Waals surface area contributed by atoms with Crippen LogP contribution in [0.3, 0.4) is 0 Å². The van der Waals surface area contributed by atoms with Crippen LogP contribution >= 0.6 is 0 Å². The summed E-state index contributed by atoms with van der Waals surface area (Å²) in [5, 5.41) is 1.75. The molecule has 4 fully saturated rings. The van der Waals surface area contributed by atoms with E-state index in [0.717, 1.165) is 12.8 Å². The molecule has 4 aliphatic rings. The molecule has 3 saturated heterocycles. The van der Waals surface area contributed by atoms with Gasteiger partial charge in [-0.25, -0.2) is 4.84 Å². The molecule has 0 radical (unpaired) electrons. The average Bonchev–Trinajstić information content (AvgIpc) is 3.34. The van der Waals surface area contributed by atoms with Crippen LogP contribution in [-0.2, 0) is 18.8 Å². The molecule has 1 saturated carbocycles. The zero-order valence-electron chi connectivity index (χ0n) is 20.0. The molecule has 6 heteroatoms. The summed E-state index contributed by atoms with van der Waals surface area (Å²) < 4.78 is 13.8. The summed E-state index contributed by atoms with van der Waals surface area (Å²) in [5.74, 6) is 0.420. The maximum atomic E-state index is 7.08. The van der Waals surface area contributed by atoms with Crippen LogP contribution in [0.25, 0.3) is 0 Å². The van der Waals surface area contributed by atoms with Gasteiger partial charge in [0.1, 0.15) is 6.10 Å². The molecule has 3 aliphatic heterocycles. The number of nitrogens with zero attached hydrogens (tertiary/aromatic N) is 1. The maximum absolute atomic E-state index is 7.08. The molecule has 0 unspecified atom stereocenters. The van der Waals surface area contributed by atoms with Gasteiger partial charge in [0.25, 0.3) is 0 Å². The molecular weight excluding hydrogens is 418 g/mol. The minimum absolute atomic E-state index is 0.0491. The van der Waals surface area contributed by atoms with E-state index in [-0.39, 0.29) is 30.6 Å². The molecule has 0 amide bonds. The van der Waals surface area contributed by atoms with Crippen LogP contribution in [0.15, 0.2) is 43.0 Å². The summed E-state index contributed by atoms with van der Waals surface area (Å²) in [6.45, 7) is 13.4. The molecule has 0 bridgehead atoms. The second kappa shape index (κ2) is 8.97. The number of hydroxylamine groups is 2. The van der Waals surface area contributed by atoms with E-state index in [1.165, 1.54) is 24.8 Å². The van der Waals surface area contributed by atoms with Gasteiger partial charge in [-0.15, -0.1) is 6.58 Å². The first kappa shape index (κ1) is 22.8. The van der Waals surface area contributed by atoms with Crippen molar-refractivity contribution in [1.82, 2.24) is 5.23 Å². The topological polar surface area (TPSA) is 40.2 Å². The van der Waals surface area contributed by atoms with Crippen LogP contribution < -0.4 is 0 Å². The molecule has 7 atom stereocenters. The van der Waals surface area contributed by atoms with Gasteiger partial charge < -0.3 is 9.16 Å². The molecule has 0 aromatic heterocycles. The minimum Gasteiger partial charge on any atom is -0.411 e. The van der Waals surface area contributed by atoms with Crippen molar-refractivity contribution in [2.24, 2.45) is 0 Å². The standard InChI is InChI=1S/C26H39NO4Si/c1-6-21-26-25-23(31-32(26,17(2)3)18(4)5)16-24(30-27(25)29-21)28-22-15-11-10-14-20(22)19-12-8-7-9-13-19/h6-9,12-13,17-18,20-26H,1,10-11,14-16H2,2-5H3/t20-,21-,22+,23+,24-,25-,26-/m1/s1. The third kappa shape index (κ3) is 3.64. The van der Waals surface area contributed by atoms with Gasteiger partial charge >= 0.3 is 0 Å². The summed E-state index contributed by atoms with van der Waals surface area (Å²) in [6.07, 6.45) is 7.31. The Bertz CT molecular complexity index is 794. The summed E-state index contributed by atoms with van der Waals surface area (Å²) >= 11 is 0. The van der Waals surface area contributed by atoms with Crippen molar-refractivity contribution in [3.05, 3.63) is 48.6 Å². The molecule has 5 nitrogen and oxygen atoms in total. The highest BCUT2D eigenvalue weighted by Gasteiger charge is 2.69. The van der Waals surface area contributed by atoms with Crippen LogP contribution in [0, 0.1) is 0 Å². The smallest absolute Gasteiger partial charge is 0.206 e. The van der Waals surface area contributed by atoms with E-state index in [1.54, 1.807) is 5.23 Å². The Morgan fingerprint density at radius 1 is 1.06 bits per heavy atom. The number of ether oxygens (including phenoxy) is 1. The quantitative estimate of drug-likeness (QED) is 0.381. The molecule has 1 aliphatic carbocycles. The molecule has 5 rings (SSSR count). The van der Waals surface area contributed by atoms with E-state index < -0.39 is 8.32 Å². The van der Waals surface area contributed by atoms with Gasteiger partial charge in [0.05, 0.1) is 18.2 Å².